The number of aromatic nitrogens is 2. The SMILES string of the molecule is O=C(NCC(F)(F)F)Nc1cccc(-c2cnc3cc(-c4ccc(N5CCNCC5)cc4)ccn23)c1. The average Bonchev–Trinajstić information content (AvgIpc) is 3.31. The summed E-state index contributed by atoms with van der Waals surface area (Å²) in [6, 6.07) is 18.5. The highest BCUT2D eigenvalue weighted by molar-refractivity contribution is 5.90. The van der Waals surface area contributed by atoms with E-state index in [0.717, 1.165) is 54.2 Å². The number of piperazine rings is 1. The molecule has 0 radical (unpaired) electrons. The number of hydrogen-bond acceptors (Lipinski definition) is 4. The van der Waals surface area contributed by atoms with Crippen molar-refractivity contribution >= 4 is 23.1 Å². The number of carbonyl (C=O) groups excluding carboxylic acids is 1. The third kappa shape index (κ3) is 5.44. The maximum absolute atomic E-state index is 12.3. The van der Waals surface area contributed by atoms with E-state index < -0.39 is 18.8 Å². The van der Waals surface area contributed by atoms with E-state index in [-0.39, 0.29) is 0 Å². The number of rotatable bonds is 5. The van der Waals surface area contributed by atoms with Gasteiger partial charge in [-0.3, -0.25) is 4.40 Å². The van der Waals surface area contributed by atoms with Crippen LogP contribution >= 0.6 is 0 Å². The first-order chi connectivity index (χ1) is 17.4. The number of imidazole rings is 1. The highest BCUT2D eigenvalue weighted by Gasteiger charge is 2.27. The summed E-state index contributed by atoms with van der Waals surface area (Å²) in [7, 11) is 0. The molecule has 0 aliphatic carbocycles. The molecule has 5 rings (SSSR count). The monoisotopic (exact) mass is 494 g/mol. The molecule has 3 heterocycles. The van der Waals surface area contributed by atoms with Crippen LogP contribution in [0.5, 0.6) is 0 Å². The van der Waals surface area contributed by atoms with Gasteiger partial charge in [0.05, 0.1) is 11.9 Å². The lowest BCUT2D eigenvalue weighted by atomic mass is 10.1. The van der Waals surface area contributed by atoms with E-state index in [1.165, 1.54) is 5.69 Å². The molecule has 36 heavy (non-hydrogen) atoms. The van der Waals surface area contributed by atoms with Gasteiger partial charge in [-0.2, -0.15) is 13.2 Å². The van der Waals surface area contributed by atoms with Gasteiger partial charge in [0.15, 0.2) is 0 Å². The number of carbonyl (C=O) groups is 1. The van der Waals surface area contributed by atoms with Crippen LogP contribution in [0.15, 0.2) is 73.1 Å². The summed E-state index contributed by atoms with van der Waals surface area (Å²) in [5.74, 6) is 0. The smallest absolute Gasteiger partial charge is 0.369 e. The molecule has 10 heteroatoms. The van der Waals surface area contributed by atoms with Gasteiger partial charge < -0.3 is 20.9 Å². The quantitative estimate of drug-likeness (QED) is 0.374. The van der Waals surface area contributed by atoms with E-state index in [9.17, 15) is 18.0 Å². The second kappa shape index (κ2) is 9.90. The summed E-state index contributed by atoms with van der Waals surface area (Å²) in [6.45, 7) is 2.58. The number of anilines is 2. The number of hydrogen-bond donors (Lipinski definition) is 3. The molecule has 2 aromatic carbocycles. The lowest BCUT2D eigenvalue weighted by Crippen LogP contribution is -2.43. The Kier molecular flexibility index (Phi) is 6.51. The minimum absolute atomic E-state index is 0.378. The number of benzene rings is 2. The van der Waals surface area contributed by atoms with Gasteiger partial charge in [0.25, 0.3) is 0 Å². The summed E-state index contributed by atoms with van der Waals surface area (Å²) in [4.78, 5) is 18.7. The molecule has 2 aromatic heterocycles. The van der Waals surface area contributed by atoms with Crippen molar-refractivity contribution in [1.29, 1.82) is 0 Å². The van der Waals surface area contributed by atoms with Gasteiger partial charge in [0, 0.05) is 49.3 Å². The van der Waals surface area contributed by atoms with Gasteiger partial charge in [0.1, 0.15) is 12.2 Å². The lowest BCUT2D eigenvalue weighted by Gasteiger charge is -2.29. The molecule has 3 N–H and O–H groups in total. The Labute approximate surface area is 205 Å². The van der Waals surface area contributed by atoms with Crippen molar-refractivity contribution in [2.45, 2.75) is 6.18 Å². The maximum atomic E-state index is 12.3. The van der Waals surface area contributed by atoms with Crippen molar-refractivity contribution in [2.24, 2.45) is 0 Å². The summed E-state index contributed by atoms with van der Waals surface area (Å²) in [5, 5.41) is 7.60. The number of halogens is 3. The number of nitrogens with zero attached hydrogens (tertiary/aromatic N) is 3. The molecule has 0 spiro atoms. The molecule has 1 aliphatic rings. The van der Waals surface area contributed by atoms with E-state index >= 15 is 0 Å². The first-order valence-corrected chi connectivity index (χ1v) is 11.6. The molecule has 1 saturated heterocycles. The zero-order valence-corrected chi connectivity index (χ0v) is 19.3. The highest BCUT2D eigenvalue weighted by atomic mass is 19.4. The van der Waals surface area contributed by atoms with Gasteiger partial charge >= 0.3 is 12.2 Å². The molecular formula is C26H25F3N6O. The molecule has 0 saturated carbocycles. The van der Waals surface area contributed by atoms with E-state index in [4.69, 9.17) is 0 Å². The first kappa shape index (κ1) is 23.7. The number of urea groups is 1. The fourth-order valence-corrected chi connectivity index (χ4v) is 4.27. The summed E-state index contributed by atoms with van der Waals surface area (Å²) < 4.78 is 38.9. The Bertz CT molecular complexity index is 1360. The van der Waals surface area contributed by atoms with E-state index in [2.05, 4.69) is 44.8 Å². The largest absolute Gasteiger partial charge is 0.405 e. The van der Waals surface area contributed by atoms with Crippen LogP contribution in [0.3, 0.4) is 0 Å². The minimum Gasteiger partial charge on any atom is -0.369 e. The number of amides is 2. The normalized spacial score (nSPS) is 14.1. The third-order valence-corrected chi connectivity index (χ3v) is 6.06. The highest BCUT2D eigenvalue weighted by Crippen LogP contribution is 2.28. The van der Waals surface area contributed by atoms with Crippen molar-refractivity contribution in [2.75, 3.05) is 42.9 Å². The molecule has 0 unspecified atom stereocenters. The minimum atomic E-state index is -4.47. The van der Waals surface area contributed by atoms with Crippen molar-refractivity contribution in [1.82, 2.24) is 20.0 Å². The summed E-state index contributed by atoms with van der Waals surface area (Å²) >= 11 is 0. The Balaban J connectivity index is 1.33. The maximum Gasteiger partial charge on any atom is 0.405 e. The van der Waals surface area contributed by atoms with Crippen LogP contribution in [0.4, 0.5) is 29.3 Å². The first-order valence-electron chi connectivity index (χ1n) is 11.6. The molecule has 2 amide bonds. The second-order valence-corrected chi connectivity index (χ2v) is 8.57. The zero-order chi connectivity index (χ0) is 25.1. The van der Waals surface area contributed by atoms with Gasteiger partial charge in [-0.05, 0) is 47.5 Å². The summed E-state index contributed by atoms with van der Waals surface area (Å²) in [6.07, 6.45) is -0.801. The fraction of sp³-hybridized carbons (Fsp3) is 0.231. The molecular weight excluding hydrogens is 469 g/mol. The van der Waals surface area contributed by atoms with E-state index in [1.807, 2.05) is 28.8 Å². The standard InChI is InChI=1S/C26H25F3N6O/c27-26(28,29)17-32-25(36)33-21-3-1-2-20(14-21)23-16-31-24-15-19(8-11-35(23)24)18-4-6-22(7-5-18)34-12-9-30-10-13-34/h1-8,11,14-16,30H,9-10,12-13,17H2,(H2,32,33,36). The zero-order valence-electron chi connectivity index (χ0n) is 19.3. The Morgan fingerprint density at radius 2 is 1.75 bits per heavy atom. The van der Waals surface area contributed by atoms with E-state index in [1.54, 1.807) is 29.7 Å². The van der Waals surface area contributed by atoms with Crippen LogP contribution in [-0.4, -0.2) is 54.3 Å². The van der Waals surface area contributed by atoms with Crippen molar-refractivity contribution in [3.8, 4) is 22.4 Å². The molecule has 0 bridgehead atoms. The van der Waals surface area contributed by atoms with Gasteiger partial charge in [-0.25, -0.2) is 9.78 Å². The van der Waals surface area contributed by atoms with Crippen molar-refractivity contribution < 1.29 is 18.0 Å². The molecule has 4 aromatic rings. The second-order valence-electron chi connectivity index (χ2n) is 8.57. The van der Waals surface area contributed by atoms with Crippen LogP contribution in [-0.2, 0) is 0 Å². The van der Waals surface area contributed by atoms with Crippen LogP contribution in [0.1, 0.15) is 0 Å². The van der Waals surface area contributed by atoms with Crippen LogP contribution < -0.4 is 20.9 Å². The van der Waals surface area contributed by atoms with Crippen molar-refractivity contribution in [3.05, 3.63) is 73.1 Å². The van der Waals surface area contributed by atoms with Gasteiger partial charge in [-0.15, -0.1) is 0 Å². The molecule has 1 fully saturated rings. The predicted molar refractivity (Wildman–Crippen MR) is 134 cm³/mol. The van der Waals surface area contributed by atoms with Crippen LogP contribution in [0.25, 0.3) is 28.0 Å². The van der Waals surface area contributed by atoms with Crippen molar-refractivity contribution in [3.63, 3.8) is 0 Å². The average molecular weight is 495 g/mol. The van der Waals surface area contributed by atoms with Crippen LogP contribution in [0.2, 0.25) is 0 Å². The number of pyridine rings is 1. The molecule has 186 valence electrons. The Morgan fingerprint density at radius 3 is 2.50 bits per heavy atom. The van der Waals surface area contributed by atoms with Crippen LogP contribution in [0, 0.1) is 0 Å². The molecule has 7 nitrogen and oxygen atoms in total. The number of nitrogens with one attached hydrogen (secondary N) is 3. The summed E-state index contributed by atoms with van der Waals surface area (Å²) in [5.41, 5.74) is 6.05. The molecule has 1 aliphatic heterocycles. The molecule has 0 atom stereocenters. The fourth-order valence-electron chi connectivity index (χ4n) is 4.27. The Morgan fingerprint density at radius 1 is 0.972 bits per heavy atom. The Hall–Kier alpha value is -4.05. The number of fused-ring (bicyclic) bond motifs is 1. The number of alkyl halides is 3. The predicted octanol–water partition coefficient (Wildman–Crippen LogP) is 4.76. The van der Waals surface area contributed by atoms with Gasteiger partial charge in [0.2, 0.25) is 0 Å². The van der Waals surface area contributed by atoms with E-state index in [0.29, 0.717) is 5.69 Å². The topological polar surface area (TPSA) is 73.7 Å². The van der Waals surface area contributed by atoms with Gasteiger partial charge in [-0.1, -0.05) is 24.3 Å². The third-order valence-electron chi connectivity index (χ3n) is 6.06. The lowest BCUT2D eigenvalue weighted by molar-refractivity contribution is -0.122.